The highest BCUT2D eigenvalue weighted by atomic mass is 79.9. The molecule has 0 fully saturated rings. The predicted molar refractivity (Wildman–Crippen MR) is 53.0 cm³/mol. The molecule has 1 rings (SSSR count). The summed E-state index contributed by atoms with van der Waals surface area (Å²) in [4.78, 5) is 0. The number of hydrogen-bond donors (Lipinski definition) is 1. The Balaban J connectivity index is 2.56. The van der Waals surface area contributed by atoms with Gasteiger partial charge in [-0.2, -0.15) is 0 Å². The average Bonchev–Trinajstić information content (AvgIpc) is 2.01. The molecular weight excluding hydrogens is 202 g/mol. The number of nitrogen functional groups attached to an aromatic ring is 1. The molecule has 0 aromatic heterocycles. The van der Waals surface area contributed by atoms with Crippen LogP contribution in [0.25, 0.3) is 0 Å². The molecule has 1 nitrogen and oxygen atoms in total. The number of aryl methyl sites for hydroxylation is 1. The predicted octanol–water partition coefficient (Wildman–Crippen LogP) is 2.60. The second-order valence-corrected chi connectivity index (χ2v) is 3.33. The quantitative estimate of drug-likeness (QED) is 0.607. The van der Waals surface area contributed by atoms with Crippen molar-refractivity contribution in [1.82, 2.24) is 0 Å². The maximum Gasteiger partial charge on any atom is 0.0316 e. The third-order valence-electron chi connectivity index (χ3n) is 1.55. The molecule has 0 unspecified atom stereocenters. The standard InChI is InChI=1S/C9H12BrN/c10-6-2-4-8-3-1-5-9(11)7-8/h1,3,5,7H,2,4,6,11H2. The first kappa shape index (κ1) is 8.60. The fourth-order valence-electron chi connectivity index (χ4n) is 1.02. The SMILES string of the molecule is Nc1cccc(CCCBr)c1. The fraction of sp³-hybridized carbons (Fsp3) is 0.333. The fourth-order valence-corrected chi connectivity index (χ4v) is 1.30. The first-order chi connectivity index (χ1) is 5.33. The molecule has 0 bridgehead atoms. The molecule has 0 aliphatic heterocycles. The first-order valence-corrected chi connectivity index (χ1v) is 4.85. The van der Waals surface area contributed by atoms with Gasteiger partial charge in [-0.15, -0.1) is 0 Å². The second-order valence-electron chi connectivity index (χ2n) is 2.54. The molecule has 2 heteroatoms. The van der Waals surface area contributed by atoms with Crippen LogP contribution in [0.2, 0.25) is 0 Å². The van der Waals surface area contributed by atoms with E-state index in [0.717, 1.165) is 17.4 Å². The Morgan fingerprint density at radius 1 is 1.36 bits per heavy atom. The van der Waals surface area contributed by atoms with E-state index in [4.69, 9.17) is 5.73 Å². The van der Waals surface area contributed by atoms with Gasteiger partial charge in [-0.25, -0.2) is 0 Å². The zero-order chi connectivity index (χ0) is 8.10. The third kappa shape index (κ3) is 2.93. The van der Waals surface area contributed by atoms with Crippen LogP contribution in [-0.4, -0.2) is 5.33 Å². The Morgan fingerprint density at radius 3 is 2.82 bits per heavy atom. The molecule has 0 aliphatic carbocycles. The van der Waals surface area contributed by atoms with Crippen molar-refractivity contribution in [3.63, 3.8) is 0 Å². The van der Waals surface area contributed by atoms with Gasteiger partial charge in [0.25, 0.3) is 0 Å². The number of alkyl halides is 1. The van der Waals surface area contributed by atoms with Crippen molar-refractivity contribution >= 4 is 21.6 Å². The van der Waals surface area contributed by atoms with Crippen LogP contribution in [0.5, 0.6) is 0 Å². The second kappa shape index (κ2) is 4.39. The van der Waals surface area contributed by atoms with Crippen molar-refractivity contribution in [3.8, 4) is 0 Å². The highest BCUT2D eigenvalue weighted by Crippen LogP contribution is 2.08. The zero-order valence-electron chi connectivity index (χ0n) is 6.39. The maximum atomic E-state index is 5.62. The van der Waals surface area contributed by atoms with E-state index in [9.17, 15) is 0 Å². The summed E-state index contributed by atoms with van der Waals surface area (Å²) in [5, 5.41) is 1.06. The van der Waals surface area contributed by atoms with Crippen LogP contribution >= 0.6 is 15.9 Å². The van der Waals surface area contributed by atoms with Gasteiger partial charge in [0.05, 0.1) is 0 Å². The molecule has 1 aromatic rings. The molecule has 11 heavy (non-hydrogen) atoms. The molecule has 0 aliphatic rings. The van der Waals surface area contributed by atoms with Crippen molar-refractivity contribution < 1.29 is 0 Å². The monoisotopic (exact) mass is 213 g/mol. The minimum Gasteiger partial charge on any atom is -0.399 e. The number of anilines is 1. The van der Waals surface area contributed by atoms with Gasteiger partial charge < -0.3 is 5.73 Å². The summed E-state index contributed by atoms with van der Waals surface area (Å²) in [5.41, 5.74) is 7.80. The van der Waals surface area contributed by atoms with Crippen molar-refractivity contribution in [1.29, 1.82) is 0 Å². The first-order valence-electron chi connectivity index (χ1n) is 3.73. The molecule has 0 amide bonds. The summed E-state index contributed by atoms with van der Waals surface area (Å²) < 4.78 is 0. The lowest BCUT2D eigenvalue weighted by atomic mass is 10.1. The molecule has 0 saturated carbocycles. The zero-order valence-corrected chi connectivity index (χ0v) is 7.97. The van der Waals surface area contributed by atoms with Crippen molar-refractivity contribution in [3.05, 3.63) is 29.8 Å². The van der Waals surface area contributed by atoms with E-state index < -0.39 is 0 Å². The Hall–Kier alpha value is -0.500. The summed E-state index contributed by atoms with van der Waals surface area (Å²) >= 11 is 3.39. The average molecular weight is 214 g/mol. The minimum absolute atomic E-state index is 0.858. The smallest absolute Gasteiger partial charge is 0.0316 e. The largest absolute Gasteiger partial charge is 0.399 e. The number of halogens is 1. The Bertz CT molecular complexity index is 223. The lowest BCUT2D eigenvalue weighted by Crippen LogP contribution is -1.89. The van der Waals surface area contributed by atoms with Gasteiger partial charge in [0.2, 0.25) is 0 Å². The van der Waals surface area contributed by atoms with Crippen LogP contribution in [0.4, 0.5) is 5.69 Å². The molecule has 0 spiro atoms. The topological polar surface area (TPSA) is 26.0 Å². The lowest BCUT2D eigenvalue weighted by Gasteiger charge is -1.99. The van der Waals surface area contributed by atoms with E-state index in [1.807, 2.05) is 18.2 Å². The van der Waals surface area contributed by atoms with E-state index in [0.29, 0.717) is 0 Å². The van der Waals surface area contributed by atoms with Crippen LogP contribution in [0.15, 0.2) is 24.3 Å². The van der Waals surface area contributed by atoms with Crippen molar-refractivity contribution in [2.75, 3.05) is 11.1 Å². The van der Waals surface area contributed by atoms with E-state index >= 15 is 0 Å². The normalized spacial score (nSPS) is 9.91. The Morgan fingerprint density at radius 2 is 2.18 bits per heavy atom. The summed E-state index contributed by atoms with van der Waals surface area (Å²) in [6, 6.07) is 8.05. The van der Waals surface area contributed by atoms with Crippen LogP contribution in [-0.2, 0) is 6.42 Å². The molecular formula is C9H12BrN. The highest BCUT2D eigenvalue weighted by Gasteiger charge is 1.91. The third-order valence-corrected chi connectivity index (χ3v) is 2.11. The van der Waals surface area contributed by atoms with Crippen molar-refractivity contribution in [2.24, 2.45) is 0 Å². The molecule has 0 saturated heterocycles. The number of rotatable bonds is 3. The van der Waals surface area contributed by atoms with Crippen molar-refractivity contribution in [2.45, 2.75) is 12.8 Å². The molecule has 0 atom stereocenters. The number of nitrogens with two attached hydrogens (primary N) is 1. The number of hydrogen-bond acceptors (Lipinski definition) is 1. The maximum absolute atomic E-state index is 5.62. The van der Waals surface area contributed by atoms with Crippen LogP contribution in [0, 0.1) is 0 Å². The van der Waals surface area contributed by atoms with E-state index in [-0.39, 0.29) is 0 Å². The molecule has 2 N–H and O–H groups in total. The van der Waals surface area contributed by atoms with Gasteiger partial charge in [0.1, 0.15) is 0 Å². The number of benzene rings is 1. The Kier molecular flexibility index (Phi) is 3.43. The van der Waals surface area contributed by atoms with Crippen LogP contribution in [0.1, 0.15) is 12.0 Å². The van der Waals surface area contributed by atoms with Gasteiger partial charge in [-0.05, 0) is 30.5 Å². The molecule has 0 heterocycles. The summed E-state index contributed by atoms with van der Waals surface area (Å²) in [6.45, 7) is 0. The van der Waals surface area contributed by atoms with E-state index in [1.165, 1.54) is 12.0 Å². The molecule has 60 valence electrons. The highest BCUT2D eigenvalue weighted by molar-refractivity contribution is 9.09. The van der Waals surface area contributed by atoms with Crippen LogP contribution in [0.3, 0.4) is 0 Å². The molecule has 1 aromatic carbocycles. The summed E-state index contributed by atoms with van der Waals surface area (Å²) in [7, 11) is 0. The van der Waals surface area contributed by atoms with Crippen LogP contribution < -0.4 is 5.73 Å². The van der Waals surface area contributed by atoms with Gasteiger partial charge in [0.15, 0.2) is 0 Å². The van der Waals surface area contributed by atoms with E-state index in [2.05, 4.69) is 22.0 Å². The lowest BCUT2D eigenvalue weighted by molar-refractivity contribution is 0.940. The molecule has 0 radical (unpaired) electrons. The summed E-state index contributed by atoms with van der Waals surface area (Å²) in [5.74, 6) is 0. The summed E-state index contributed by atoms with van der Waals surface area (Å²) in [6.07, 6.45) is 2.28. The van der Waals surface area contributed by atoms with Gasteiger partial charge in [-0.1, -0.05) is 28.1 Å². The van der Waals surface area contributed by atoms with Gasteiger partial charge >= 0.3 is 0 Å². The Labute approximate surface area is 75.7 Å². The van der Waals surface area contributed by atoms with E-state index in [1.54, 1.807) is 0 Å². The van der Waals surface area contributed by atoms with Gasteiger partial charge in [-0.3, -0.25) is 0 Å². The minimum atomic E-state index is 0.858. The van der Waals surface area contributed by atoms with Gasteiger partial charge in [0, 0.05) is 11.0 Å².